The Hall–Kier alpha value is -2.08. The van der Waals surface area contributed by atoms with Crippen molar-refractivity contribution >= 4 is 23.3 Å². The average molecular weight is 278 g/mol. The second-order valence-electron chi connectivity index (χ2n) is 3.89. The SMILES string of the molecule is Cc1ccccc1NSc1cc([N+](=O)[O-])ccc1F. The van der Waals surface area contributed by atoms with Crippen LogP contribution in [0, 0.1) is 22.9 Å². The monoisotopic (exact) mass is 278 g/mol. The van der Waals surface area contributed by atoms with Crippen molar-refractivity contribution in [2.45, 2.75) is 11.8 Å². The highest BCUT2D eigenvalue weighted by Gasteiger charge is 2.11. The van der Waals surface area contributed by atoms with Gasteiger partial charge in [0.2, 0.25) is 0 Å². The van der Waals surface area contributed by atoms with Gasteiger partial charge >= 0.3 is 0 Å². The van der Waals surface area contributed by atoms with Gasteiger partial charge in [-0.05, 0) is 36.6 Å². The first-order chi connectivity index (χ1) is 9.08. The van der Waals surface area contributed by atoms with E-state index >= 15 is 0 Å². The van der Waals surface area contributed by atoms with Crippen LogP contribution in [-0.4, -0.2) is 4.92 Å². The van der Waals surface area contributed by atoms with Gasteiger partial charge in [0, 0.05) is 17.8 Å². The number of para-hydroxylation sites is 1. The number of halogens is 1. The molecular weight excluding hydrogens is 267 g/mol. The first kappa shape index (κ1) is 13.4. The molecule has 0 spiro atoms. The fourth-order valence-electron chi connectivity index (χ4n) is 1.48. The second-order valence-corrected chi connectivity index (χ2v) is 4.74. The smallest absolute Gasteiger partial charge is 0.270 e. The molecule has 0 bridgehead atoms. The van der Waals surface area contributed by atoms with E-state index in [-0.39, 0.29) is 10.6 Å². The molecule has 2 rings (SSSR count). The predicted octanol–water partition coefficient (Wildman–Crippen LogP) is 4.16. The maximum Gasteiger partial charge on any atom is 0.270 e. The van der Waals surface area contributed by atoms with Crippen molar-refractivity contribution in [3.63, 3.8) is 0 Å². The second kappa shape index (κ2) is 5.71. The van der Waals surface area contributed by atoms with E-state index in [1.54, 1.807) is 0 Å². The van der Waals surface area contributed by atoms with E-state index in [1.165, 1.54) is 6.07 Å². The highest BCUT2D eigenvalue weighted by molar-refractivity contribution is 8.00. The molecule has 0 unspecified atom stereocenters. The van der Waals surface area contributed by atoms with Gasteiger partial charge in [0.15, 0.2) is 0 Å². The fraction of sp³-hybridized carbons (Fsp3) is 0.0769. The summed E-state index contributed by atoms with van der Waals surface area (Å²) in [5.41, 5.74) is 1.73. The van der Waals surface area contributed by atoms with Crippen LogP contribution in [0.1, 0.15) is 5.56 Å². The zero-order chi connectivity index (χ0) is 13.8. The lowest BCUT2D eigenvalue weighted by atomic mass is 10.2. The van der Waals surface area contributed by atoms with E-state index in [0.29, 0.717) is 0 Å². The van der Waals surface area contributed by atoms with Crippen LogP contribution in [-0.2, 0) is 0 Å². The Kier molecular flexibility index (Phi) is 4.01. The van der Waals surface area contributed by atoms with Crippen molar-refractivity contribution in [2.75, 3.05) is 4.72 Å². The third kappa shape index (κ3) is 3.23. The third-order valence-electron chi connectivity index (χ3n) is 2.54. The molecule has 0 saturated heterocycles. The highest BCUT2D eigenvalue weighted by Crippen LogP contribution is 2.28. The molecule has 2 aromatic carbocycles. The molecule has 1 N–H and O–H groups in total. The molecule has 0 fully saturated rings. The average Bonchev–Trinajstić information content (AvgIpc) is 2.39. The molecule has 0 atom stereocenters. The Morgan fingerprint density at radius 1 is 1.26 bits per heavy atom. The lowest BCUT2D eigenvalue weighted by Gasteiger charge is -2.08. The highest BCUT2D eigenvalue weighted by atomic mass is 32.2. The molecular formula is C13H11FN2O2S. The molecule has 0 aromatic heterocycles. The summed E-state index contributed by atoms with van der Waals surface area (Å²) >= 11 is 1.02. The summed E-state index contributed by atoms with van der Waals surface area (Å²) in [4.78, 5) is 10.3. The predicted molar refractivity (Wildman–Crippen MR) is 73.7 cm³/mol. The first-order valence-corrected chi connectivity index (χ1v) is 6.32. The quantitative estimate of drug-likeness (QED) is 0.518. The van der Waals surface area contributed by atoms with Crippen LogP contribution >= 0.6 is 11.9 Å². The van der Waals surface area contributed by atoms with Gasteiger partial charge in [-0.3, -0.25) is 10.1 Å². The number of nitrogens with one attached hydrogen (secondary N) is 1. The van der Waals surface area contributed by atoms with E-state index in [9.17, 15) is 14.5 Å². The lowest BCUT2D eigenvalue weighted by Crippen LogP contribution is -1.94. The summed E-state index contributed by atoms with van der Waals surface area (Å²) in [6, 6.07) is 11.0. The number of non-ortho nitro benzene ring substituents is 1. The molecule has 0 heterocycles. The summed E-state index contributed by atoms with van der Waals surface area (Å²) in [7, 11) is 0. The van der Waals surface area contributed by atoms with Crippen molar-refractivity contribution in [2.24, 2.45) is 0 Å². The van der Waals surface area contributed by atoms with Crippen molar-refractivity contribution in [1.82, 2.24) is 0 Å². The van der Waals surface area contributed by atoms with E-state index in [1.807, 2.05) is 31.2 Å². The zero-order valence-corrected chi connectivity index (χ0v) is 10.9. The molecule has 98 valence electrons. The van der Waals surface area contributed by atoms with Crippen molar-refractivity contribution < 1.29 is 9.31 Å². The molecule has 19 heavy (non-hydrogen) atoms. The summed E-state index contributed by atoms with van der Waals surface area (Å²) in [6.07, 6.45) is 0. The number of nitro benzene ring substituents is 1. The Balaban J connectivity index is 2.17. The van der Waals surface area contributed by atoms with Crippen LogP contribution < -0.4 is 4.72 Å². The van der Waals surface area contributed by atoms with Gasteiger partial charge in [0.25, 0.3) is 5.69 Å². The Labute approximate surface area is 113 Å². The molecule has 0 amide bonds. The Morgan fingerprint density at radius 3 is 2.68 bits per heavy atom. The Morgan fingerprint density at radius 2 is 2.00 bits per heavy atom. The molecule has 0 saturated carbocycles. The number of nitrogens with zero attached hydrogens (tertiary/aromatic N) is 1. The zero-order valence-electron chi connectivity index (χ0n) is 10.1. The normalized spacial score (nSPS) is 10.2. The van der Waals surface area contributed by atoms with Gasteiger partial charge in [-0.1, -0.05) is 18.2 Å². The largest absolute Gasteiger partial charge is 0.325 e. The molecule has 0 aliphatic carbocycles. The van der Waals surface area contributed by atoms with Crippen molar-refractivity contribution in [3.8, 4) is 0 Å². The molecule has 2 aromatic rings. The molecule has 6 heteroatoms. The summed E-state index contributed by atoms with van der Waals surface area (Å²) in [5, 5.41) is 10.6. The van der Waals surface area contributed by atoms with Crippen LogP contribution in [0.25, 0.3) is 0 Å². The number of aryl methyl sites for hydroxylation is 1. The van der Waals surface area contributed by atoms with Crippen LogP contribution in [0.3, 0.4) is 0 Å². The Bertz CT molecular complexity index is 619. The van der Waals surface area contributed by atoms with Gasteiger partial charge in [-0.15, -0.1) is 0 Å². The lowest BCUT2D eigenvalue weighted by molar-refractivity contribution is -0.385. The fourth-order valence-corrected chi connectivity index (χ4v) is 2.28. The number of hydrogen-bond acceptors (Lipinski definition) is 4. The van der Waals surface area contributed by atoms with Gasteiger partial charge in [-0.25, -0.2) is 4.39 Å². The van der Waals surface area contributed by atoms with Gasteiger partial charge in [0.05, 0.1) is 9.82 Å². The standard InChI is InChI=1S/C13H11FN2O2S/c1-9-4-2-3-5-12(9)15-19-13-8-10(16(17)18)6-7-11(13)14/h2-8,15H,1H3. The van der Waals surface area contributed by atoms with Crippen LogP contribution in [0.15, 0.2) is 47.4 Å². The maximum absolute atomic E-state index is 13.6. The number of benzene rings is 2. The maximum atomic E-state index is 13.6. The number of hydrogen-bond donors (Lipinski definition) is 1. The number of rotatable bonds is 4. The molecule has 0 radical (unpaired) electrons. The summed E-state index contributed by atoms with van der Waals surface area (Å²) in [5.74, 6) is -0.489. The minimum Gasteiger partial charge on any atom is -0.325 e. The summed E-state index contributed by atoms with van der Waals surface area (Å²) < 4.78 is 16.5. The van der Waals surface area contributed by atoms with Crippen LogP contribution in [0.4, 0.5) is 15.8 Å². The van der Waals surface area contributed by atoms with E-state index in [2.05, 4.69) is 4.72 Å². The number of anilines is 1. The molecule has 0 aliphatic heterocycles. The van der Waals surface area contributed by atoms with Gasteiger partial charge < -0.3 is 4.72 Å². The topological polar surface area (TPSA) is 55.2 Å². The summed E-state index contributed by atoms with van der Waals surface area (Å²) in [6.45, 7) is 1.92. The van der Waals surface area contributed by atoms with E-state index in [0.717, 1.165) is 35.3 Å². The van der Waals surface area contributed by atoms with Crippen molar-refractivity contribution in [1.29, 1.82) is 0 Å². The third-order valence-corrected chi connectivity index (χ3v) is 3.40. The minimum absolute atomic E-state index is 0.129. The first-order valence-electron chi connectivity index (χ1n) is 5.50. The minimum atomic E-state index is -0.544. The van der Waals surface area contributed by atoms with E-state index < -0.39 is 10.7 Å². The molecule has 4 nitrogen and oxygen atoms in total. The van der Waals surface area contributed by atoms with Crippen molar-refractivity contribution in [3.05, 3.63) is 64.0 Å². The van der Waals surface area contributed by atoms with E-state index in [4.69, 9.17) is 0 Å². The van der Waals surface area contributed by atoms with Crippen LogP contribution in [0.2, 0.25) is 0 Å². The van der Waals surface area contributed by atoms with Gasteiger partial charge in [0.1, 0.15) is 5.82 Å². The van der Waals surface area contributed by atoms with Gasteiger partial charge in [-0.2, -0.15) is 0 Å². The van der Waals surface area contributed by atoms with Crippen LogP contribution in [0.5, 0.6) is 0 Å². The number of nitro groups is 1. The molecule has 0 aliphatic rings.